The Hall–Kier alpha value is -3.92. The van der Waals surface area contributed by atoms with Crippen molar-refractivity contribution in [3.8, 4) is 34.1 Å². The Morgan fingerprint density at radius 3 is 1.87 bits per heavy atom. The summed E-state index contributed by atoms with van der Waals surface area (Å²) in [4.78, 5) is 0. The van der Waals surface area contributed by atoms with Gasteiger partial charge >= 0.3 is 0 Å². The lowest BCUT2D eigenvalue weighted by Gasteiger charge is -2.12. The largest absolute Gasteiger partial charge is 0.497 e. The van der Waals surface area contributed by atoms with E-state index in [1.165, 1.54) is 0 Å². The third-order valence-electron chi connectivity index (χ3n) is 5.11. The quantitative estimate of drug-likeness (QED) is 0.410. The lowest BCUT2D eigenvalue weighted by molar-refractivity contribution is 0.260. The summed E-state index contributed by atoms with van der Waals surface area (Å²) in [6.07, 6.45) is -0.156. The number of fused-ring (bicyclic) bond motifs is 1. The van der Waals surface area contributed by atoms with E-state index in [1.807, 2.05) is 60.7 Å². The maximum atomic E-state index is 5.99. The van der Waals surface area contributed by atoms with E-state index in [-0.39, 0.29) is 6.23 Å². The normalized spacial score (nSPS) is 14.4. The second-order valence-electron chi connectivity index (χ2n) is 7.06. The first kappa shape index (κ1) is 18.1. The highest BCUT2D eigenvalue weighted by molar-refractivity contribution is 5.65. The van der Waals surface area contributed by atoms with Crippen LogP contribution >= 0.6 is 0 Å². The van der Waals surface area contributed by atoms with Crippen LogP contribution in [0.15, 0.2) is 97.1 Å². The Bertz CT molecular complexity index is 1110. The minimum atomic E-state index is -0.156. The minimum absolute atomic E-state index is 0.156. The van der Waals surface area contributed by atoms with Crippen LogP contribution in [0.5, 0.6) is 23.0 Å². The molecule has 4 aromatic carbocycles. The molecule has 1 aliphatic rings. The molecule has 0 radical (unpaired) electrons. The highest BCUT2D eigenvalue weighted by atomic mass is 16.5. The van der Waals surface area contributed by atoms with Crippen LogP contribution in [-0.4, -0.2) is 7.11 Å². The summed E-state index contributed by atoms with van der Waals surface area (Å²) in [5, 5.41) is 3.40. The summed E-state index contributed by atoms with van der Waals surface area (Å²) in [6, 6.07) is 32.0. The number of hydrogen-bond acceptors (Lipinski definition) is 4. The van der Waals surface area contributed by atoms with Crippen molar-refractivity contribution < 1.29 is 14.2 Å². The molecule has 0 aromatic heterocycles. The molecule has 4 heteroatoms. The van der Waals surface area contributed by atoms with E-state index in [0.717, 1.165) is 45.4 Å². The summed E-state index contributed by atoms with van der Waals surface area (Å²) in [7, 11) is 1.65. The van der Waals surface area contributed by atoms with Gasteiger partial charge in [0.05, 0.1) is 12.8 Å². The van der Waals surface area contributed by atoms with Crippen LogP contribution in [-0.2, 0) is 0 Å². The van der Waals surface area contributed by atoms with Gasteiger partial charge in [0, 0.05) is 5.56 Å². The van der Waals surface area contributed by atoms with Crippen molar-refractivity contribution in [2.24, 2.45) is 0 Å². The van der Waals surface area contributed by atoms with Crippen molar-refractivity contribution in [1.29, 1.82) is 0 Å². The molecule has 4 nitrogen and oxygen atoms in total. The van der Waals surface area contributed by atoms with E-state index in [2.05, 4.69) is 41.7 Å². The molecule has 0 bridgehead atoms. The van der Waals surface area contributed by atoms with E-state index in [0.29, 0.717) is 0 Å². The maximum absolute atomic E-state index is 5.99. The number of nitrogens with one attached hydrogen (secondary N) is 1. The van der Waals surface area contributed by atoms with Crippen molar-refractivity contribution in [2.75, 3.05) is 12.4 Å². The second kappa shape index (κ2) is 7.84. The fraction of sp³-hybridized carbons (Fsp3) is 0.0769. The zero-order valence-electron chi connectivity index (χ0n) is 16.5. The predicted molar refractivity (Wildman–Crippen MR) is 118 cm³/mol. The Balaban J connectivity index is 1.27. The van der Waals surface area contributed by atoms with Crippen LogP contribution in [0.4, 0.5) is 5.69 Å². The van der Waals surface area contributed by atoms with Crippen molar-refractivity contribution in [1.82, 2.24) is 0 Å². The summed E-state index contributed by atoms with van der Waals surface area (Å²) in [6.45, 7) is 0. The first-order valence-electron chi connectivity index (χ1n) is 9.83. The Morgan fingerprint density at radius 2 is 1.23 bits per heavy atom. The number of hydrogen-bond donors (Lipinski definition) is 1. The number of anilines is 1. The molecule has 148 valence electrons. The standard InChI is InChI=1S/C26H21NO3/c1-28-21-14-16-23(17-15-21)29-22-12-10-19(11-13-22)18-6-8-20(9-7-18)26-27-24-4-2-3-5-25(24)30-26/h2-17,26-27H,1H3. The monoisotopic (exact) mass is 395 g/mol. The topological polar surface area (TPSA) is 39.7 Å². The van der Waals surface area contributed by atoms with Crippen molar-refractivity contribution in [3.05, 3.63) is 103 Å². The Kier molecular flexibility index (Phi) is 4.74. The van der Waals surface area contributed by atoms with E-state index in [1.54, 1.807) is 7.11 Å². The van der Waals surface area contributed by atoms with E-state index < -0.39 is 0 Å². The fourth-order valence-electron chi connectivity index (χ4n) is 3.48. The van der Waals surface area contributed by atoms with Gasteiger partial charge in [0.15, 0.2) is 6.23 Å². The average Bonchev–Trinajstić information content (AvgIpc) is 3.25. The Morgan fingerprint density at radius 1 is 0.667 bits per heavy atom. The smallest absolute Gasteiger partial charge is 0.196 e. The lowest BCUT2D eigenvalue weighted by Crippen LogP contribution is -2.09. The molecule has 4 aromatic rings. The molecule has 30 heavy (non-hydrogen) atoms. The first-order valence-corrected chi connectivity index (χ1v) is 9.83. The number of methoxy groups -OCH3 is 1. The number of ether oxygens (including phenoxy) is 3. The molecule has 1 unspecified atom stereocenters. The van der Waals surface area contributed by atoms with Crippen molar-refractivity contribution >= 4 is 5.69 Å². The molecular weight excluding hydrogens is 374 g/mol. The van der Waals surface area contributed by atoms with Gasteiger partial charge in [-0.2, -0.15) is 0 Å². The van der Waals surface area contributed by atoms with Crippen LogP contribution in [0.2, 0.25) is 0 Å². The molecule has 0 spiro atoms. The van der Waals surface area contributed by atoms with E-state index >= 15 is 0 Å². The van der Waals surface area contributed by atoms with Gasteiger partial charge in [0.25, 0.3) is 0 Å². The van der Waals surface area contributed by atoms with Crippen molar-refractivity contribution in [3.63, 3.8) is 0 Å². The molecule has 0 saturated carbocycles. The van der Waals surface area contributed by atoms with Crippen LogP contribution in [0, 0.1) is 0 Å². The minimum Gasteiger partial charge on any atom is -0.497 e. The maximum Gasteiger partial charge on any atom is 0.196 e. The van der Waals surface area contributed by atoms with Crippen LogP contribution < -0.4 is 19.5 Å². The van der Waals surface area contributed by atoms with E-state index in [9.17, 15) is 0 Å². The second-order valence-corrected chi connectivity index (χ2v) is 7.06. The predicted octanol–water partition coefficient (Wildman–Crippen LogP) is 6.66. The molecule has 5 rings (SSSR count). The molecule has 1 N–H and O–H groups in total. The zero-order chi connectivity index (χ0) is 20.3. The first-order chi connectivity index (χ1) is 14.8. The number of benzene rings is 4. The van der Waals surface area contributed by atoms with Crippen LogP contribution in [0.25, 0.3) is 11.1 Å². The SMILES string of the molecule is COc1ccc(Oc2ccc(-c3ccc(C4Nc5ccccc5O4)cc3)cc2)cc1. The van der Waals surface area contributed by atoms with Gasteiger partial charge in [-0.3, -0.25) is 0 Å². The highest BCUT2D eigenvalue weighted by Gasteiger charge is 2.22. The summed E-state index contributed by atoms with van der Waals surface area (Å²) in [5.74, 6) is 3.27. The van der Waals surface area contributed by atoms with Crippen molar-refractivity contribution in [2.45, 2.75) is 6.23 Å². The number of rotatable bonds is 5. The summed E-state index contributed by atoms with van der Waals surface area (Å²) >= 11 is 0. The molecule has 0 fully saturated rings. The van der Waals surface area contributed by atoms with Crippen LogP contribution in [0.3, 0.4) is 0 Å². The van der Waals surface area contributed by atoms with Gasteiger partial charge < -0.3 is 19.5 Å². The van der Waals surface area contributed by atoms with Gasteiger partial charge in [-0.25, -0.2) is 0 Å². The highest BCUT2D eigenvalue weighted by Crippen LogP contribution is 2.37. The molecular formula is C26H21NO3. The zero-order valence-corrected chi connectivity index (χ0v) is 16.5. The third-order valence-corrected chi connectivity index (χ3v) is 5.11. The van der Waals surface area contributed by atoms with Gasteiger partial charge in [0.2, 0.25) is 0 Å². The summed E-state index contributed by atoms with van der Waals surface area (Å²) < 4.78 is 17.1. The average molecular weight is 395 g/mol. The van der Waals surface area contributed by atoms with Crippen LogP contribution in [0.1, 0.15) is 11.8 Å². The molecule has 1 aliphatic heterocycles. The van der Waals surface area contributed by atoms with Gasteiger partial charge in [-0.1, -0.05) is 48.5 Å². The Labute approximate surface area is 175 Å². The van der Waals surface area contributed by atoms with Gasteiger partial charge in [0.1, 0.15) is 23.0 Å². The van der Waals surface area contributed by atoms with Gasteiger partial charge in [-0.05, 0) is 59.7 Å². The molecule has 0 saturated heterocycles. The van der Waals surface area contributed by atoms with E-state index in [4.69, 9.17) is 14.2 Å². The molecule has 0 aliphatic carbocycles. The molecule has 0 amide bonds. The number of para-hydroxylation sites is 2. The van der Waals surface area contributed by atoms with Gasteiger partial charge in [-0.15, -0.1) is 0 Å². The third kappa shape index (κ3) is 3.67. The summed E-state index contributed by atoms with van der Waals surface area (Å²) in [5.41, 5.74) is 4.39. The molecule has 1 atom stereocenters. The molecule has 1 heterocycles. The lowest BCUT2D eigenvalue weighted by atomic mass is 10.0. The fourth-order valence-corrected chi connectivity index (χ4v) is 3.48.